The van der Waals surface area contributed by atoms with Gasteiger partial charge in [-0.1, -0.05) is 83.1 Å². The fraction of sp³-hybridized carbons (Fsp3) is 0.750. The highest BCUT2D eigenvalue weighted by Crippen LogP contribution is 2.25. The van der Waals surface area contributed by atoms with E-state index >= 15 is 0 Å². The van der Waals surface area contributed by atoms with Crippen LogP contribution >= 0.6 is 0 Å². The van der Waals surface area contributed by atoms with Gasteiger partial charge in [0.15, 0.2) is 0 Å². The Morgan fingerprint density at radius 1 is 0.333 bits per heavy atom. The smallest absolute Gasteiger partial charge is 0.303 e. The van der Waals surface area contributed by atoms with Gasteiger partial charge in [0.1, 0.15) is 48.3 Å². The minimum atomic E-state index is -1.63. The highest BCUT2D eigenvalue weighted by atomic mass is 16.4. The number of carbonyl (C=O) groups is 12. The number of hydrogen-bond donors (Lipinski definition) is 12. The van der Waals surface area contributed by atoms with Crippen molar-refractivity contribution in [2.24, 2.45) is 33.1 Å². The zero-order valence-corrected chi connectivity index (χ0v) is 44.1. The molecular formula is C48H82N10O14. The third-order valence-corrected chi connectivity index (χ3v) is 11.0. The molecule has 0 aromatic rings. The molecule has 0 aromatic carbocycles. The molecule has 1 fully saturated rings. The summed E-state index contributed by atoms with van der Waals surface area (Å²) in [5, 5.41) is 39.7. The fourth-order valence-electron chi connectivity index (χ4n) is 7.65. The summed E-state index contributed by atoms with van der Waals surface area (Å²) in [5.74, 6) is -12.2. The molecule has 0 spiro atoms. The Balaban J connectivity index is 4.29. The summed E-state index contributed by atoms with van der Waals surface area (Å²) in [4.78, 5) is 162. The van der Waals surface area contributed by atoms with Crippen LogP contribution in [0.15, 0.2) is 0 Å². The molecule has 1 aliphatic heterocycles. The number of amides is 10. The fourth-order valence-corrected chi connectivity index (χ4v) is 7.65. The van der Waals surface area contributed by atoms with E-state index in [0.29, 0.717) is 0 Å². The van der Waals surface area contributed by atoms with E-state index in [2.05, 4.69) is 42.5 Å². The average Bonchev–Trinajstić information content (AvgIpc) is 3.19. The Morgan fingerprint density at radius 2 is 0.486 bits per heavy atom. The topological polar surface area (TPSA) is 394 Å². The molecule has 408 valence electrons. The zero-order valence-electron chi connectivity index (χ0n) is 44.1. The first-order chi connectivity index (χ1) is 32.7. The molecule has 72 heavy (non-hydrogen) atoms. The quantitative estimate of drug-likeness (QED) is 0.0960. The third-order valence-electron chi connectivity index (χ3n) is 11.0. The van der Waals surface area contributed by atoms with Gasteiger partial charge in [-0.15, -0.1) is 0 Å². The number of primary amides is 2. The standard InChI is InChI=1S/C48H82N10O14/c1-45(2,3)21-29-41(69)51-25(13-17-33(49)59)37(65)55-32(24-48(10,11)12)44(72)54-28(16-20-36(63)64)40(68)58-30(22-46(4,5)6)42(70)52-26(14-18-34(50)60)38(66)56-31(23-47(7,8)9)43(71)53-27(39(67)57-29)15-19-35(61)62/h25-32H,13-24H2,1-12H3,(H2,49,59)(H2,50,60)(H,51,69)(H,52,70)(H,53,71)(H,54,72)(H,55,65)(H,56,66)(H,57,67)(H,58,68)(H,61,62)(H,63,64)/t25-,26-,27-,28-,29+,30+,31+,32+/m0/s1. The number of carboxylic acids is 2. The number of hydrogen-bond acceptors (Lipinski definition) is 12. The van der Waals surface area contributed by atoms with Crippen molar-refractivity contribution in [1.82, 2.24) is 42.5 Å². The second-order valence-electron chi connectivity index (χ2n) is 23.4. The second kappa shape index (κ2) is 27.5. The van der Waals surface area contributed by atoms with Gasteiger partial charge in [0.05, 0.1) is 0 Å². The molecule has 0 aromatic heterocycles. The van der Waals surface area contributed by atoms with Crippen LogP contribution in [0.3, 0.4) is 0 Å². The van der Waals surface area contributed by atoms with Crippen molar-refractivity contribution in [2.75, 3.05) is 0 Å². The normalized spacial score (nSPS) is 24.4. The van der Waals surface area contributed by atoms with Crippen LogP contribution in [0.25, 0.3) is 0 Å². The van der Waals surface area contributed by atoms with Gasteiger partial charge in [0, 0.05) is 25.7 Å². The Labute approximate surface area is 421 Å². The lowest BCUT2D eigenvalue weighted by atomic mass is 9.87. The number of nitrogens with one attached hydrogen (secondary N) is 8. The van der Waals surface area contributed by atoms with E-state index in [1.807, 2.05) is 0 Å². The first-order valence-electron chi connectivity index (χ1n) is 24.2. The number of carboxylic acid groups (broad SMARTS) is 2. The first-order valence-corrected chi connectivity index (χ1v) is 24.2. The van der Waals surface area contributed by atoms with Crippen molar-refractivity contribution in [3.8, 4) is 0 Å². The largest absolute Gasteiger partial charge is 0.481 e. The van der Waals surface area contributed by atoms with Crippen molar-refractivity contribution in [3.05, 3.63) is 0 Å². The van der Waals surface area contributed by atoms with Crippen LogP contribution < -0.4 is 54.0 Å². The summed E-state index contributed by atoms with van der Waals surface area (Å²) in [5.41, 5.74) is 8.05. The van der Waals surface area contributed by atoms with Gasteiger partial charge in [0.2, 0.25) is 59.1 Å². The molecule has 0 saturated carbocycles. The molecule has 1 aliphatic rings. The van der Waals surface area contributed by atoms with Gasteiger partial charge >= 0.3 is 11.9 Å². The molecule has 0 aliphatic carbocycles. The minimum Gasteiger partial charge on any atom is -0.481 e. The molecular weight excluding hydrogens is 941 g/mol. The SMILES string of the molecule is CC(C)(C)C[C@H]1NC(=O)[C@H](CCC(N)=O)NC(=O)[C@@H](CC(C)(C)C)NC(=O)[C@H](CCC(=O)O)NC(=O)[C@@H](CC(C)(C)C)NC(=O)[C@H](CCC(N)=O)NC(=O)[C@@H](CC(C)(C)C)NC(=O)[C@H](CCC(=O)O)NC1=O. The van der Waals surface area contributed by atoms with Crippen LogP contribution in [0, 0.1) is 21.7 Å². The van der Waals surface area contributed by atoms with E-state index in [9.17, 15) is 67.7 Å². The van der Waals surface area contributed by atoms with Gasteiger partial charge in [-0.05, 0) is 73.0 Å². The highest BCUT2D eigenvalue weighted by molar-refractivity contribution is 5.99. The highest BCUT2D eigenvalue weighted by Gasteiger charge is 2.39. The maximum absolute atomic E-state index is 14.3. The zero-order chi connectivity index (χ0) is 55.7. The number of rotatable bonds is 16. The van der Waals surface area contributed by atoms with Crippen molar-refractivity contribution < 1.29 is 67.7 Å². The summed E-state index contributed by atoms with van der Waals surface area (Å²) in [6.45, 7) is 20.9. The molecule has 1 heterocycles. The first kappa shape index (κ1) is 63.7. The van der Waals surface area contributed by atoms with Crippen molar-refractivity contribution in [2.45, 2.75) is 208 Å². The van der Waals surface area contributed by atoms with E-state index < -0.39 is 192 Å². The van der Waals surface area contributed by atoms with Crippen molar-refractivity contribution in [3.63, 3.8) is 0 Å². The van der Waals surface area contributed by atoms with E-state index in [-0.39, 0.29) is 25.7 Å². The predicted octanol–water partition coefficient (Wildman–Crippen LogP) is -0.116. The second-order valence-corrected chi connectivity index (χ2v) is 23.4. The van der Waals surface area contributed by atoms with Gasteiger partial charge in [-0.3, -0.25) is 57.5 Å². The molecule has 8 atom stereocenters. The molecule has 24 heteroatoms. The van der Waals surface area contributed by atoms with Gasteiger partial charge in [-0.25, -0.2) is 0 Å². The van der Waals surface area contributed by atoms with E-state index in [0.717, 1.165) is 0 Å². The summed E-state index contributed by atoms with van der Waals surface area (Å²) in [7, 11) is 0. The molecule has 0 bridgehead atoms. The summed E-state index contributed by atoms with van der Waals surface area (Å²) in [6.07, 6.45) is -4.32. The van der Waals surface area contributed by atoms with Crippen molar-refractivity contribution >= 4 is 71.0 Å². The molecule has 1 saturated heterocycles. The Morgan fingerprint density at radius 3 is 0.639 bits per heavy atom. The monoisotopic (exact) mass is 1020 g/mol. The van der Waals surface area contributed by atoms with E-state index in [1.54, 1.807) is 83.1 Å². The maximum Gasteiger partial charge on any atom is 0.303 e. The summed E-state index contributed by atoms with van der Waals surface area (Å²) in [6, 6.07) is -12.3. The lowest BCUT2D eigenvalue weighted by Crippen LogP contribution is -2.62. The van der Waals surface area contributed by atoms with Crippen LogP contribution in [0.4, 0.5) is 0 Å². The van der Waals surface area contributed by atoms with Gasteiger partial charge < -0.3 is 64.2 Å². The van der Waals surface area contributed by atoms with E-state index in [4.69, 9.17) is 11.5 Å². The molecule has 14 N–H and O–H groups in total. The van der Waals surface area contributed by atoms with Crippen LogP contribution in [0.5, 0.6) is 0 Å². The lowest BCUT2D eigenvalue weighted by Gasteiger charge is -2.32. The molecule has 1 rings (SSSR count). The molecule has 0 radical (unpaired) electrons. The maximum atomic E-state index is 14.3. The van der Waals surface area contributed by atoms with Crippen LogP contribution in [0.2, 0.25) is 0 Å². The van der Waals surface area contributed by atoms with E-state index in [1.165, 1.54) is 0 Å². The molecule has 0 unspecified atom stereocenters. The number of carbonyl (C=O) groups excluding carboxylic acids is 10. The third kappa shape index (κ3) is 26.2. The minimum absolute atomic E-state index is 0.0963. The Bertz CT molecular complexity index is 1720. The lowest BCUT2D eigenvalue weighted by molar-refractivity contribution is -0.139. The van der Waals surface area contributed by atoms with Crippen LogP contribution in [-0.2, 0) is 57.5 Å². The summed E-state index contributed by atoms with van der Waals surface area (Å²) < 4.78 is 0. The predicted molar refractivity (Wildman–Crippen MR) is 262 cm³/mol. The van der Waals surface area contributed by atoms with Gasteiger partial charge in [-0.2, -0.15) is 0 Å². The van der Waals surface area contributed by atoms with Crippen LogP contribution in [0.1, 0.15) is 160 Å². The Hall–Kier alpha value is -6.36. The molecule has 24 nitrogen and oxygen atoms in total. The van der Waals surface area contributed by atoms with Gasteiger partial charge in [0.25, 0.3) is 0 Å². The number of aliphatic carboxylic acids is 2. The Kier molecular flexibility index (Phi) is 24.3. The van der Waals surface area contributed by atoms with Crippen LogP contribution in [-0.4, -0.2) is 130 Å². The molecule has 10 amide bonds. The summed E-state index contributed by atoms with van der Waals surface area (Å²) >= 11 is 0. The van der Waals surface area contributed by atoms with Crippen molar-refractivity contribution in [1.29, 1.82) is 0 Å². The number of nitrogens with two attached hydrogens (primary N) is 2. The average molecular weight is 1020 g/mol.